The molecule has 2 aliphatic heterocycles. The summed E-state index contributed by atoms with van der Waals surface area (Å²) in [4.78, 5) is 25.6. The third-order valence-electron chi connectivity index (χ3n) is 6.21. The molecule has 1 N–H and O–H groups in total. The molecule has 2 aliphatic rings. The summed E-state index contributed by atoms with van der Waals surface area (Å²) in [6.45, 7) is 6.53. The summed E-state index contributed by atoms with van der Waals surface area (Å²) >= 11 is 0. The maximum Gasteiger partial charge on any atom is 0.239 e. The first-order valence-electron chi connectivity index (χ1n) is 11.3. The summed E-state index contributed by atoms with van der Waals surface area (Å²) in [6, 6.07) is 8.25. The van der Waals surface area contributed by atoms with Gasteiger partial charge in [-0.3, -0.25) is 14.7 Å². The van der Waals surface area contributed by atoms with Gasteiger partial charge < -0.3 is 24.8 Å². The zero-order valence-corrected chi connectivity index (χ0v) is 19.5. The molecule has 2 saturated heterocycles. The van der Waals surface area contributed by atoms with E-state index < -0.39 is 0 Å². The van der Waals surface area contributed by atoms with Crippen LogP contribution in [0.25, 0.3) is 0 Å². The number of anilines is 1. The molecule has 0 aliphatic carbocycles. The van der Waals surface area contributed by atoms with Crippen LogP contribution in [0.3, 0.4) is 0 Å². The topological polar surface area (TPSA) is 63.7 Å². The number of benzene rings is 1. The summed E-state index contributed by atoms with van der Waals surface area (Å²) in [5, 5.41) is 3.52. The number of hydrogen-bond acceptors (Lipinski definition) is 5. The molecule has 1 atom stereocenters. The summed E-state index contributed by atoms with van der Waals surface area (Å²) in [5.74, 6) is 2.11. The Labute approximate surface area is 186 Å². The Morgan fingerprint density at radius 3 is 2.61 bits per heavy atom. The van der Waals surface area contributed by atoms with Crippen LogP contribution in [0.5, 0.6) is 5.75 Å². The molecular formula is C23H38N6O2. The zero-order valence-electron chi connectivity index (χ0n) is 19.5. The minimum atomic E-state index is 0.0531. The van der Waals surface area contributed by atoms with E-state index >= 15 is 0 Å². The fourth-order valence-corrected chi connectivity index (χ4v) is 4.54. The largest absolute Gasteiger partial charge is 0.495 e. The van der Waals surface area contributed by atoms with E-state index in [2.05, 4.69) is 37.1 Å². The lowest BCUT2D eigenvalue weighted by Gasteiger charge is -2.38. The maximum atomic E-state index is 12.3. The predicted molar refractivity (Wildman–Crippen MR) is 126 cm³/mol. The van der Waals surface area contributed by atoms with Gasteiger partial charge in [-0.05, 0) is 37.9 Å². The van der Waals surface area contributed by atoms with Gasteiger partial charge in [0.05, 0.1) is 18.8 Å². The van der Waals surface area contributed by atoms with Gasteiger partial charge in [0.15, 0.2) is 5.96 Å². The van der Waals surface area contributed by atoms with Gasteiger partial charge in [0.25, 0.3) is 0 Å². The molecule has 8 heteroatoms. The number of carbonyl (C=O) groups excluding carboxylic acids is 1. The van der Waals surface area contributed by atoms with E-state index in [0.717, 1.165) is 82.5 Å². The van der Waals surface area contributed by atoms with Crippen molar-refractivity contribution in [3.63, 3.8) is 0 Å². The molecule has 0 radical (unpaired) electrons. The van der Waals surface area contributed by atoms with Crippen molar-refractivity contribution >= 4 is 17.6 Å². The summed E-state index contributed by atoms with van der Waals surface area (Å²) < 4.78 is 5.52. The number of guanidine groups is 1. The number of piperazine rings is 1. The van der Waals surface area contributed by atoms with E-state index in [-0.39, 0.29) is 11.9 Å². The van der Waals surface area contributed by atoms with E-state index in [9.17, 15) is 4.79 Å². The van der Waals surface area contributed by atoms with Crippen LogP contribution in [0, 0.1) is 0 Å². The van der Waals surface area contributed by atoms with Crippen molar-refractivity contribution in [2.24, 2.45) is 4.99 Å². The Bertz CT molecular complexity index is 745. The van der Waals surface area contributed by atoms with Crippen molar-refractivity contribution in [2.45, 2.75) is 25.3 Å². The SMILES string of the molecule is CN=C(NCCCN1CCCC1C(=O)N(C)C)N1CCN(c2ccccc2OC)CC1. The third-order valence-corrected chi connectivity index (χ3v) is 6.21. The van der Waals surface area contributed by atoms with Gasteiger partial charge in [0, 0.05) is 60.4 Å². The van der Waals surface area contributed by atoms with Crippen molar-refractivity contribution < 1.29 is 9.53 Å². The molecule has 1 aromatic rings. The fourth-order valence-electron chi connectivity index (χ4n) is 4.54. The lowest BCUT2D eigenvalue weighted by atomic mass is 10.2. The molecule has 1 aromatic carbocycles. The van der Waals surface area contributed by atoms with Crippen molar-refractivity contribution in [1.29, 1.82) is 0 Å². The number of para-hydroxylation sites is 2. The number of amides is 1. The highest BCUT2D eigenvalue weighted by atomic mass is 16.5. The minimum Gasteiger partial charge on any atom is -0.495 e. The smallest absolute Gasteiger partial charge is 0.239 e. The summed E-state index contributed by atoms with van der Waals surface area (Å²) in [5.41, 5.74) is 1.15. The van der Waals surface area contributed by atoms with Gasteiger partial charge in [-0.1, -0.05) is 12.1 Å². The van der Waals surface area contributed by atoms with Crippen LogP contribution in [-0.2, 0) is 4.79 Å². The van der Waals surface area contributed by atoms with Crippen molar-refractivity contribution in [1.82, 2.24) is 20.0 Å². The number of carbonyl (C=O) groups is 1. The minimum absolute atomic E-state index is 0.0531. The van der Waals surface area contributed by atoms with Gasteiger partial charge >= 0.3 is 0 Å². The first kappa shape index (κ1) is 23.2. The number of likely N-dealkylation sites (N-methyl/N-ethyl adjacent to an activating group) is 1. The van der Waals surface area contributed by atoms with E-state index in [4.69, 9.17) is 4.74 Å². The van der Waals surface area contributed by atoms with Crippen LogP contribution in [0.1, 0.15) is 19.3 Å². The van der Waals surface area contributed by atoms with Gasteiger partial charge in [-0.25, -0.2) is 0 Å². The van der Waals surface area contributed by atoms with Crippen molar-refractivity contribution in [2.75, 3.05) is 79.0 Å². The number of hydrogen-bond donors (Lipinski definition) is 1. The van der Waals surface area contributed by atoms with Crippen molar-refractivity contribution in [3.8, 4) is 5.75 Å². The first-order chi connectivity index (χ1) is 15.0. The second kappa shape index (κ2) is 11.2. The molecule has 1 amide bonds. The van der Waals surface area contributed by atoms with Gasteiger partial charge in [0.1, 0.15) is 5.75 Å². The van der Waals surface area contributed by atoms with Crippen LogP contribution < -0.4 is 15.0 Å². The predicted octanol–water partition coefficient (Wildman–Crippen LogP) is 1.34. The lowest BCUT2D eigenvalue weighted by Crippen LogP contribution is -2.53. The van der Waals surface area contributed by atoms with Gasteiger partial charge in [-0.15, -0.1) is 0 Å². The fraction of sp³-hybridized carbons (Fsp3) is 0.652. The Kier molecular flexibility index (Phi) is 8.40. The Morgan fingerprint density at radius 1 is 1.19 bits per heavy atom. The summed E-state index contributed by atoms with van der Waals surface area (Å²) in [6.07, 6.45) is 3.08. The van der Waals surface area contributed by atoms with Crippen molar-refractivity contribution in [3.05, 3.63) is 24.3 Å². The highest BCUT2D eigenvalue weighted by molar-refractivity contribution is 5.81. The Morgan fingerprint density at radius 2 is 1.94 bits per heavy atom. The van der Waals surface area contributed by atoms with E-state index in [0.29, 0.717) is 0 Å². The lowest BCUT2D eigenvalue weighted by molar-refractivity contribution is -0.133. The van der Waals surface area contributed by atoms with E-state index in [1.807, 2.05) is 33.3 Å². The normalized spacial score (nSPS) is 20.1. The standard InChI is InChI=1S/C23H38N6O2/c1-24-23(25-12-8-14-27-13-7-10-20(27)22(30)26(2)3)29-17-15-28(16-18-29)19-9-5-6-11-21(19)31-4/h5-6,9,11,20H,7-8,10,12-18H2,1-4H3,(H,24,25). The van der Waals surface area contributed by atoms with Crippen LogP contribution in [0.4, 0.5) is 5.69 Å². The molecule has 0 saturated carbocycles. The monoisotopic (exact) mass is 430 g/mol. The molecule has 0 aromatic heterocycles. The van der Waals surface area contributed by atoms with Crippen LogP contribution in [0.15, 0.2) is 29.3 Å². The molecule has 31 heavy (non-hydrogen) atoms. The number of ether oxygens (including phenoxy) is 1. The molecule has 172 valence electrons. The second-order valence-corrected chi connectivity index (χ2v) is 8.40. The molecule has 0 bridgehead atoms. The number of likely N-dealkylation sites (tertiary alicyclic amines) is 1. The van der Waals surface area contributed by atoms with Gasteiger partial charge in [0.2, 0.25) is 5.91 Å². The molecule has 8 nitrogen and oxygen atoms in total. The summed E-state index contributed by atoms with van der Waals surface area (Å²) in [7, 11) is 7.26. The van der Waals surface area contributed by atoms with E-state index in [1.54, 1.807) is 12.0 Å². The second-order valence-electron chi connectivity index (χ2n) is 8.40. The number of nitrogens with zero attached hydrogens (tertiary/aromatic N) is 5. The van der Waals surface area contributed by atoms with E-state index in [1.165, 1.54) is 0 Å². The third kappa shape index (κ3) is 5.81. The molecule has 3 rings (SSSR count). The van der Waals surface area contributed by atoms with Crippen LogP contribution in [-0.4, -0.2) is 107 Å². The molecule has 2 heterocycles. The molecule has 2 fully saturated rings. The van der Waals surface area contributed by atoms with Crippen LogP contribution in [0.2, 0.25) is 0 Å². The number of nitrogens with one attached hydrogen (secondary N) is 1. The zero-order chi connectivity index (χ0) is 22.2. The highest BCUT2D eigenvalue weighted by Gasteiger charge is 2.31. The Balaban J connectivity index is 1.43. The number of methoxy groups -OCH3 is 1. The molecular weight excluding hydrogens is 392 g/mol. The number of aliphatic imine (C=N–C) groups is 1. The number of rotatable bonds is 7. The maximum absolute atomic E-state index is 12.3. The van der Waals surface area contributed by atoms with Crippen LogP contribution >= 0.6 is 0 Å². The highest BCUT2D eigenvalue weighted by Crippen LogP contribution is 2.28. The molecule has 0 spiro atoms. The first-order valence-corrected chi connectivity index (χ1v) is 11.3. The quantitative estimate of drug-likeness (QED) is 0.400. The average molecular weight is 431 g/mol. The molecule has 1 unspecified atom stereocenters. The van der Waals surface area contributed by atoms with Gasteiger partial charge in [-0.2, -0.15) is 0 Å². The Hall–Kier alpha value is -2.48. The average Bonchev–Trinajstić information content (AvgIpc) is 3.27.